The fourth-order valence-electron chi connectivity index (χ4n) is 4.08. The van der Waals surface area contributed by atoms with Crippen LogP contribution in [0.25, 0.3) is 16.8 Å². The van der Waals surface area contributed by atoms with Crippen molar-refractivity contribution in [1.29, 1.82) is 0 Å². The van der Waals surface area contributed by atoms with Gasteiger partial charge < -0.3 is 18.9 Å². The molecule has 1 fully saturated rings. The summed E-state index contributed by atoms with van der Waals surface area (Å²) in [5, 5.41) is 0. The van der Waals surface area contributed by atoms with Crippen LogP contribution < -0.4 is 10.4 Å². The second-order valence-corrected chi connectivity index (χ2v) is 7.47. The Kier molecular flexibility index (Phi) is 5.18. The Balaban J connectivity index is 1.42. The zero-order valence-corrected chi connectivity index (χ0v) is 16.3. The molecular weight excluding hydrogens is 372 g/mol. The van der Waals surface area contributed by atoms with E-state index in [1.807, 2.05) is 6.07 Å². The maximum absolute atomic E-state index is 12.6. The van der Waals surface area contributed by atoms with Gasteiger partial charge in [-0.15, -0.1) is 0 Å². The lowest BCUT2D eigenvalue weighted by Gasteiger charge is -2.24. The average Bonchev–Trinajstić information content (AvgIpc) is 2.78. The van der Waals surface area contributed by atoms with Crippen molar-refractivity contribution in [3.8, 4) is 17.1 Å². The maximum atomic E-state index is 12.6. The third-order valence-corrected chi connectivity index (χ3v) is 5.61. The van der Waals surface area contributed by atoms with Gasteiger partial charge in [0.05, 0.1) is 38.7 Å². The van der Waals surface area contributed by atoms with Crippen LogP contribution in [-0.2, 0) is 27.2 Å². The number of ether oxygens (including phenoxy) is 4. The first-order valence-corrected chi connectivity index (χ1v) is 10.1. The van der Waals surface area contributed by atoms with Crippen LogP contribution in [0.3, 0.4) is 0 Å². The summed E-state index contributed by atoms with van der Waals surface area (Å²) in [5.74, 6) is 0.333. The van der Waals surface area contributed by atoms with E-state index in [9.17, 15) is 4.79 Å². The van der Waals surface area contributed by atoms with E-state index < -0.39 is 0 Å². The molecule has 4 heterocycles. The lowest BCUT2D eigenvalue weighted by Crippen LogP contribution is -2.34. The van der Waals surface area contributed by atoms with Gasteiger partial charge in [-0.1, -0.05) is 24.3 Å². The van der Waals surface area contributed by atoms with Gasteiger partial charge in [-0.25, -0.2) is 4.79 Å². The molecule has 0 amide bonds. The molecule has 0 aliphatic carbocycles. The molecule has 0 spiro atoms. The van der Waals surface area contributed by atoms with Crippen molar-refractivity contribution in [1.82, 2.24) is 9.55 Å². The normalized spacial score (nSPS) is 21.1. The molecule has 7 heteroatoms. The molecule has 7 nitrogen and oxygen atoms in total. The molecule has 0 bridgehead atoms. The minimum atomic E-state index is -0.278. The SMILES string of the molecule is O=c1nc(OCC2COCCO2)cc2n1CCc1cc(C3=CCOCC3)ccc1-2. The highest BCUT2D eigenvalue weighted by Gasteiger charge is 2.21. The molecule has 1 atom stereocenters. The average molecular weight is 396 g/mol. The zero-order chi connectivity index (χ0) is 19.6. The maximum Gasteiger partial charge on any atom is 0.351 e. The van der Waals surface area contributed by atoms with Crippen LogP contribution >= 0.6 is 0 Å². The van der Waals surface area contributed by atoms with Crippen LogP contribution in [0.1, 0.15) is 17.5 Å². The van der Waals surface area contributed by atoms with Gasteiger partial charge in [0.1, 0.15) is 12.7 Å². The Bertz CT molecular complexity index is 991. The summed E-state index contributed by atoms with van der Waals surface area (Å²) in [7, 11) is 0. The van der Waals surface area contributed by atoms with Gasteiger partial charge in [0, 0.05) is 18.2 Å². The lowest BCUT2D eigenvalue weighted by atomic mass is 9.92. The van der Waals surface area contributed by atoms with Gasteiger partial charge in [0.15, 0.2) is 0 Å². The van der Waals surface area contributed by atoms with Crippen molar-refractivity contribution in [2.24, 2.45) is 0 Å². The lowest BCUT2D eigenvalue weighted by molar-refractivity contribution is -0.102. The summed E-state index contributed by atoms with van der Waals surface area (Å²) in [6, 6.07) is 8.34. The third-order valence-electron chi connectivity index (χ3n) is 5.61. The van der Waals surface area contributed by atoms with E-state index in [1.54, 1.807) is 4.57 Å². The summed E-state index contributed by atoms with van der Waals surface area (Å²) in [4.78, 5) is 16.7. The number of aryl methyl sites for hydroxylation is 1. The Labute approximate surface area is 168 Å². The van der Waals surface area contributed by atoms with Crippen LogP contribution in [0.4, 0.5) is 0 Å². The van der Waals surface area contributed by atoms with Gasteiger partial charge >= 0.3 is 5.69 Å². The molecule has 5 rings (SSSR count). The molecule has 29 heavy (non-hydrogen) atoms. The van der Waals surface area contributed by atoms with Crippen molar-refractivity contribution in [2.75, 3.05) is 39.6 Å². The van der Waals surface area contributed by atoms with E-state index in [0.29, 0.717) is 45.5 Å². The number of hydrogen-bond donors (Lipinski definition) is 0. The number of rotatable bonds is 4. The summed E-state index contributed by atoms with van der Waals surface area (Å²) in [5.41, 5.74) is 5.46. The number of hydrogen-bond acceptors (Lipinski definition) is 6. The molecule has 3 aliphatic heterocycles. The first kappa shape index (κ1) is 18.5. The molecule has 1 unspecified atom stereocenters. The van der Waals surface area contributed by atoms with Crippen LogP contribution in [0, 0.1) is 0 Å². The molecule has 0 N–H and O–H groups in total. The van der Waals surface area contributed by atoms with E-state index >= 15 is 0 Å². The highest BCUT2D eigenvalue weighted by atomic mass is 16.6. The van der Waals surface area contributed by atoms with Crippen LogP contribution in [0.15, 0.2) is 35.1 Å². The number of nitrogens with zero attached hydrogens (tertiary/aromatic N) is 2. The fraction of sp³-hybridized carbons (Fsp3) is 0.455. The summed E-state index contributed by atoms with van der Waals surface area (Å²) in [6.45, 7) is 4.05. The Morgan fingerprint density at radius 2 is 2.10 bits per heavy atom. The van der Waals surface area contributed by atoms with Crippen molar-refractivity contribution < 1.29 is 18.9 Å². The second-order valence-electron chi connectivity index (χ2n) is 7.47. The standard InChI is InChI=1S/C22H24N2O5/c25-22-23-21(29-14-18-13-27-9-10-28-18)12-20-19-2-1-16(15-4-7-26-8-5-15)11-17(19)3-6-24(20)22/h1-2,4,11-12,18H,3,5-10,13-14H2. The Morgan fingerprint density at radius 1 is 1.14 bits per heavy atom. The first-order chi connectivity index (χ1) is 14.3. The van der Waals surface area contributed by atoms with Gasteiger partial charge in [-0.3, -0.25) is 4.57 Å². The van der Waals surface area contributed by atoms with Gasteiger partial charge in [0.25, 0.3) is 0 Å². The van der Waals surface area contributed by atoms with Crippen molar-refractivity contribution in [2.45, 2.75) is 25.5 Å². The fourth-order valence-corrected chi connectivity index (χ4v) is 4.08. The van der Waals surface area contributed by atoms with E-state index in [0.717, 1.165) is 30.7 Å². The monoisotopic (exact) mass is 396 g/mol. The number of aromatic nitrogens is 2. The van der Waals surface area contributed by atoms with Crippen LogP contribution in [0.2, 0.25) is 0 Å². The molecule has 1 aromatic heterocycles. The Morgan fingerprint density at radius 3 is 2.93 bits per heavy atom. The smallest absolute Gasteiger partial charge is 0.351 e. The minimum absolute atomic E-state index is 0.132. The van der Waals surface area contributed by atoms with Gasteiger partial charge in [0.2, 0.25) is 5.88 Å². The molecule has 0 radical (unpaired) electrons. The number of fused-ring (bicyclic) bond motifs is 3. The molecule has 1 aromatic carbocycles. The van der Waals surface area contributed by atoms with Crippen molar-refractivity contribution in [3.05, 3.63) is 52.0 Å². The van der Waals surface area contributed by atoms with E-state index in [-0.39, 0.29) is 11.8 Å². The second kappa shape index (κ2) is 8.10. The predicted molar refractivity (Wildman–Crippen MR) is 107 cm³/mol. The van der Waals surface area contributed by atoms with Crippen LogP contribution in [-0.4, -0.2) is 55.3 Å². The highest BCUT2D eigenvalue weighted by Crippen LogP contribution is 2.33. The largest absolute Gasteiger partial charge is 0.475 e. The van der Waals surface area contributed by atoms with Crippen molar-refractivity contribution in [3.63, 3.8) is 0 Å². The van der Waals surface area contributed by atoms with Crippen LogP contribution in [0.5, 0.6) is 5.88 Å². The summed E-state index contributed by atoms with van der Waals surface area (Å²) in [6.07, 6.45) is 3.77. The topological polar surface area (TPSA) is 71.8 Å². The molecule has 152 valence electrons. The zero-order valence-electron chi connectivity index (χ0n) is 16.3. The van der Waals surface area contributed by atoms with E-state index in [2.05, 4.69) is 29.3 Å². The van der Waals surface area contributed by atoms with E-state index in [4.69, 9.17) is 18.9 Å². The predicted octanol–water partition coefficient (Wildman–Crippen LogP) is 2.06. The molecule has 1 saturated heterocycles. The molecule has 2 aromatic rings. The molecule has 0 saturated carbocycles. The Hall–Kier alpha value is -2.48. The van der Waals surface area contributed by atoms with E-state index in [1.165, 1.54) is 16.7 Å². The third kappa shape index (κ3) is 3.85. The van der Waals surface area contributed by atoms with Gasteiger partial charge in [-0.2, -0.15) is 4.98 Å². The minimum Gasteiger partial charge on any atom is -0.475 e. The summed E-state index contributed by atoms with van der Waals surface area (Å²) >= 11 is 0. The molecule has 3 aliphatic rings. The number of benzene rings is 1. The van der Waals surface area contributed by atoms with Gasteiger partial charge in [-0.05, 0) is 29.5 Å². The summed E-state index contributed by atoms with van der Waals surface area (Å²) < 4.78 is 23.9. The van der Waals surface area contributed by atoms with Crippen molar-refractivity contribution >= 4 is 5.57 Å². The first-order valence-electron chi connectivity index (χ1n) is 10.1. The quantitative estimate of drug-likeness (QED) is 0.788. The highest BCUT2D eigenvalue weighted by molar-refractivity contribution is 5.73. The molecular formula is C22H24N2O5.